The molecule has 0 saturated carbocycles. The quantitative estimate of drug-likeness (QED) is 0.739. The molecule has 0 aliphatic carbocycles. The maximum absolute atomic E-state index is 11.8. The summed E-state index contributed by atoms with van der Waals surface area (Å²) in [4.78, 5) is 33.7. The Morgan fingerprint density at radius 3 is 2.43 bits per heavy atom. The summed E-state index contributed by atoms with van der Waals surface area (Å²) < 4.78 is 1.39. The summed E-state index contributed by atoms with van der Waals surface area (Å²) in [5.41, 5.74) is 0.168. The number of benzene rings is 1. The van der Waals surface area contributed by atoms with Crippen LogP contribution in [0.5, 0.6) is 5.75 Å². The largest absolute Gasteiger partial charge is 0.508 e. The number of aromatic hydroxyl groups is 1. The summed E-state index contributed by atoms with van der Waals surface area (Å²) >= 11 is 0. The van der Waals surface area contributed by atoms with Gasteiger partial charge in [-0.05, 0) is 36.8 Å². The van der Waals surface area contributed by atoms with Crippen LogP contribution >= 0.6 is 0 Å². The molecule has 23 heavy (non-hydrogen) atoms. The van der Waals surface area contributed by atoms with E-state index in [2.05, 4.69) is 0 Å². The van der Waals surface area contributed by atoms with Gasteiger partial charge in [0.1, 0.15) is 11.3 Å². The molecular weight excluding hydrogens is 302 g/mol. The minimum atomic E-state index is -1.38. The molecule has 118 valence electrons. The first-order valence-corrected chi connectivity index (χ1v) is 6.50. The number of nitrogens with zero attached hydrogens (tertiary/aromatic N) is 1. The van der Waals surface area contributed by atoms with Crippen molar-refractivity contribution in [2.75, 3.05) is 0 Å². The van der Waals surface area contributed by atoms with Gasteiger partial charge in [-0.15, -0.1) is 0 Å². The van der Waals surface area contributed by atoms with Crippen LogP contribution in [0.4, 0.5) is 0 Å². The summed E-state index contributed by atoms with van der Waals surface area (Å²) in [7, 11) is 0. The van der Waals surface area contributed by atoms with E-state index in [9.17, 15) is 19.5 Å². The number of carbonyl (C=O) groups is 2. The molecule has 0 atom stereocenters. The SMILES string of the molecule is Cc1cc(O)ccc1-n1cc(C(=O)O)c(=O)cc1/C=C/C(=O)O. The number of phenols is 1. The molecule has 2 aromatic rings. The maximum atomic E-state index is 11.8. The zero-order valence-corrected chi connectivity index (χ0v) is 12.1. The Morgan fingerprint density at radius 2 is 1.87 bits per heavy atom. The number of carboxylic acids is 2. The molecule has 2 rings (SSSR count). The van der Waals surface area contributed by atoms with Crippen LogP contribution in [0, 0.1) is 6.92 Å². The van der Waals surface area contributed by atoms with Gasteiger partial charge in [-0.3, -0.25) is 4.79 Å². The lowest BCUT2D eigenvalue weighted by atomic mass is 10.1. The highest BCUT2D eigenvalue weighted by molar-refractivity contribution is 5.88. The Bertz CT molecular complexity index is 879. The minimum absolute atomic E-state index is 0.0355. The molecule has 1 aromatic heterocycles. The number of phenolic OH excluding ortho intramolecular Hbond substituents is 1. The van der Waals surface area contributed by atoms with Crippen molar-refractivity contribution in [1.29, 1.82) is 0 Å². The van der Waals surface area contributed by atoms with Crippen LogP contribution in [0.25, 0.3) is 11.8 Å². The second-order valence-electron chi connectivity index (χ2n) is 4.79. The molecule has 0 aliphatic rings. The number of carboxylic acid groups (broad SMARTS) is 2. The van der Waals surface area contributed by atoms with Gasteiger partial charge in [-0.1, -0.05) is 0 Å². The predicted molar refractivity (Wildman–Crippen MR) is 82.1 cm³/mol. The van der Waals surface area contributed by atoms with Crippen LogP contribution in [-0.4, -0.2) is 31.8 Å². The number of aryl methyl sites for hydroxylation is 1. The van der Waals surface area contributed by atoms with Gasteiger partial charge < -0.3 is 19.9 Å². The molecule has 3 N–H and O–H groups in total. The van der Waals surface area contributed by atoms with Crippen LogP contribution in [0.2, 0.25) is 0 Å². The van der Waals surface area contributed by atoms with Gasteiger partial charge >= 0.3 is 11.9 Å². The molecule has 1 aromatic carbocycles. The fourth-order valence-corrected chi connectivity index (χ4v) is 2.11. The smallest absolute Gasteiger partial charge is 0.341 e. The van der Waals surface area contributed by atoms with E-state index in [0.717, 1.165) is 18.3 Å². The Kier molecular flexibility index (Phi) is 4.31. The maximum Gasteiger partial charge on any atom is 0.341 e. The second kappa shape index (κ2) is 6.18. The average Bonchev–Trinajstić information content (AvgIpc) is 2.45. The van der Waals surface area contributed by atoms with E-state index < -0.39 is 22.9 Å². The Hall–Kier alpha value is -3.35. The summed E-state index contributed by atoms with van der Waals surface area (Å²) in [6.07, 6.45) is 3.18. The minimum Gasteiger partial charge on any atom is -0.508 e. The summed E-state index contributed by atoms with van der Waals surface area (Å²) in [6.45, 7) is 1.69. The van der Waals surface area contributed by atoms with Crippen molar-refractivity contribution in [1.82, 2.24) is 4.57 Å². The molecule has 0 amide bonds. The summed E-state index contributed by atoms with van der Waals surface area (Å²) in [5.74, 6) is -2.55. The van der Waals surface area contributed by atoms with E-state index in [1.54, 1.807) is 13.0 Å². The number of aromatic carboxylic acids is 1. The van der Waals surface area contributed by atoms with Crippen molar-refractivity contribution < 1.29 is 24.9 Å². The number of rotatable bonds is 4. The molecule has 7 heteroatoms. The third kappa shape index (κ3) is 3.46. The first-order chi connectivity index (χ1) is 10.8. The first-order valence-electron chi connectivity index (χ1n) is 6.50. The van der Waals surface area contributed by atoms with Gasteiger partial charge in [0.05, 0.1) is 0 Å². The van der Waals surface area contributed by atoms with Gasteiger partial charge in [0.2, 0.25) is 0 Å². The Balaban J connectivity index is 2.76. The van der Waals surface area contributed by atoms with Crippen molar-refractivity contribution in [2.45, 2.75) is 6.92 Å². The molecule has 0 saturated heterocycles. The molecule has 7 nitrogen and oxygen atoms in total. The van der Waals surface area contributed by atoms with Gasteiger partial charge in [-0.2, -0.15) is 0 Å². The second-order valence-corrected chi connectivity index (χ2v) is 4.79. The number of hydrogen-bond acceptors (Lipinski definition) is 4. The molecule has 0 fully saturated rings. The molecule has 0 aliphatic heterocycles. The van der Waals surface area contributed by atoms with Gasteiger partial charge in [0.15, 0.2) is 5.43 Å². The van der Waals surface area contributed by atoms with Crippen LogP contribution < -0.4 is 5.43 Å². The number of aliphatic carboxylic acids is 1. The van der Waals surface area contributed by atoms with Crippen molar-refractivity contribution in [3.8, 4) is 11.4 Å². The van der Waals surface area contributed by atoms with Gasteiger partial charge in [-0.25, -0.2) is 9.59 Å². The molecule has 0 radical (unpaired) electrons. The van der Waals surface area contributed by atoms with Crippen LogP contribution in [0.3, 0.4) is 0 Å². The fourth-order valence-electron chi connectivity index (χ4n) is 2.11. The molecule has 0 spiro atoms. The first kappa shape index (κ1) is 16.0. The van der Waals surface area contributed by atoms with E-state index >= 15 is 0 Å². The highest BCUT2D eigenvalue weighted by Gasteiger charge is 2.14. The molecule has 0 unspecified atom stereocenters. The van der Waals surface area contributed by atoms with Crippen molar-refractivity contribution in [3.63, 3.8) is 0 Å². The number of hydrogen-bond donors (Lipinski definition) is 3. The summed E-state index contributed by atoms with van der Waals surface area (Å²) in [6, 6.07) is 5.47. The number of pyridine rings is 1. The van der Waals surface area contributed by atoms with Crippen LogP contribution in [-0.2, 0) is 4.79 Å². The van der Waals surface area contributed by atoms with Crippen LogP contribution in [0.15, 0.2) is 41.3 Å². The van der Waals surface area contributed by atoms with E-state index in [4.69, 9.17) is 10.2 Å². The molecule has 1 heterocycles. The lowest BCUT2D eigenvalue weighted by molar-refractivity contribution is -0.131. The van der Waals surface area contributed by atoms with Gasteiger partial charge in [0.25, 0.3) is 0 Å². The fraction of sp³-hybridized carbons (Fsp3) is 0.0625. The Morgan fingerprint density at radius 1 is 1.17 bits per heavy atom. The van der Waals surface area contributed by atoms with E-state index in [0.29, 0.717) is 11.3 Å². The average molecular weight is 315 g/mol. The third-order valence-corrected chi connectivity index (χ3v) is 3.15. The zero-order chi connectivity index (χ0) is 17.1. The summed E-state index contributed by atoms with van der Waals surface area (Å²) in [5, 5.41) is 27.3. The van der Waals surface area contributed by atoms with E-state index in [-0.39, 0.29) is 11.4 Å². The topological polar surface area (TPSA) is 117 Å². The molecule has 0 bridgehead atoms. The number of aromatic nitrogens is 1. The van der Waals surface area contributed by atoms with E-state index in [1.165, 1.54) is 22.8 Å². The zero-order valence-electron chi connectivity index (χ0n) is 12.1. The normalized spacial score (nSPS) is 10.8. The van der Waals surface area contributed by atoms with Crippen molar-refractivity contribution in [3.05, 3.63) is 63.6 Å². The Labute approximate surface area is 130 Å². The van der Waals surface area contributed by atoms with E-state index in [1.807, 2.05) is 0 Å². The predicted octanol–water partition coefficient (Wildman–Crippen LogP) is 1.65. The highest BCUT2D eigenvalue weighted by Crippen LogP contribution is 2.21. The van der Waals surface area contributed by atoms with Crippen molar-refractivity contribution in [2.24, 2.45) is 0 Å². The standard InChI is InChI=1S/C16H13NO6/c1-9-6-11(18)3-4-13(9)17-8-12(16(22)23)14(19)7-10(17)2-5-15(20)21/h2-8,18H,1H3,(H,20,21)(H,22,23)/b5-2+. The van der Waals surface area contributed by atoms with Crippen LogP contribution in [0.1, 0.15) is 21.6 Å². The highest BCUT2D eigenvalue weighted by atomic mass is 16.4. The monoisotopic (exact) mass is 315 g/mol. The molecular formula is C16H13NO6. The third-order valence-electron chi connectivity index (χ3n) is 3.15. The lowest BCUT2D eigenvalue weighted by Crippen LogP contribution is -2.18. The lowest BCUT2D eigenvalue weighted by Gasteiger charge is -2.14. The van der Waals surface area contributed by atoms with Gasteiger partial charge in [0, 0.05) is 29.7 Å². The van der Waals surface area contributed by atoms with Crippen molar-refractivity contribution >= 4 is 18.0 Å².